The number of nitrogens with one attached hydrogen (secondary N) is 1. The number of carboxylic acid groups (broad SMARTS) is 1. The number of carbonyl (C=O) groups excluding carboxylic acids is 2. The highest BCUT2D eigenvalue weighted by Crippen LogP contribution is 2.34. The quantitative estimate of drug-likeness (QED) is 0.865. The van der Waals surface area contributed by atoms with Crippen LogP contribution < -0.4 is 15.2 Å². The molecule has 0 aliphatic heterocycles. The third-order valence-corrected chi connectivity index (χ3v) is 3.36. The summed E-state index contributed by atoms with van der Waals surface area (Å²) in [5, 5.41) is 13.8. The number of amides is 1. The van der Waals surface area contributed by atoms with Crippen LogP contribution in [-0.2, 0) is 9.59 Å². The van der Waals surface area contributed by atoms with E-state index in [-0.39, 0.29) is 12.8 Å². The zero-order chi connectivity index (χ0) is 16.8. The highest BCUT2D eigenvalue weighted by Gasteiger charge is 2.10. The van der Waals surface area contributed by atoms with E-state index < -0.39 is 11.9 Å². The van der Waals surface area contributed by atoms with Gasteiger partial charge < -0.3 is 20.0 Å². The number of hydrogen-bond acceptors (Lipinski definition) is 4. The fourth-order valence-corrected chi connectivity index (χ4v) is 2.21. The molecule has 0 bridgehead atoms. The van der Waals surface area contributed by atoms with Crippen LogP contribution in [0.3, 0.4) is 0 Å². The highest BCUT2D eigenvalue weighted by atomic mass is 35.5. The molecule has 2 rings (SSSR count). The van der Waals surface area contributed by atoms with Crippen molar-refractivity contribution in [2.24, 2.45) is 0 Å². The molecule has 0 aliphatic rings. The maximum atomic E-state index is 11.7. The van der Waals surface area contributed by atoms with E-state index in [9.17, 15) is 14.7 Å². The van der Waals surface area contributed by atoms with Gasteiger partial charge in [0.25, 0.3) is 0 Å². The Morgan fingerprint density at radius 3 is 2.48 bits per heavy atom. The summed E-state index contributed by atoms with van der Waals surface area (Å²) in [6.07, 6.45) is -0.532. The lowest BCUT2D eigenvalue weighted by Gasteiger charge is -2.13. The van der Waals surface area contributed by atoms with Crippen LogP contribution in [0.4, 0.5) is 5.69 Å². The predicted molar refractivity (Wildman–Crippen MR) is 85.8 cm³/mol. The summed E-state index contributed by atoms with van der Waals surface area (Å²) >= 11 is 11.9. The van der Waals surface area contributed by atoms with Crippen molar-refractivity contribution in [2.75, 3.05) is 5.32 Å². The maximum Gasteiger partial charge on any atom is 0.224 e. The van der Waals surface area contributed by atoms with Gasteiger partial charge >= 0.3 is 0 Å². The SMILES string of the molecule is O=C([O-])CCC(=O)Nc1ccccc1Oc1ccc(Cl)cc1Cl. The molecule has 1 N–H and O–H groups in total. The standard InChI is InChI=1S/C16H13Cl2NO4/c17-10-5-6-13(11(18)9-10)23-14-4-2-1-3-12(14)19-15(20)7-8-16(21)22/h1-6,9H,7-8H2,(H,19,20)(H,21,22)/p-1. The minimum absolute atomic E-state index is 0.182. The van der Waals surface area contributed by atoms with Gasteiger partial charge in [-0.25, -0.2) is 0 Å². The summed E-state index contributed by atoms with van der Waals surface area (Å²) < 4.78 is 5.69. The second kappa shape index (κ2) is 7.85. The van der Waals surface area contributed by atoms with Crippen LogP contribution in [0.25, 0.3) is 0 Å². The Hall–Kier alpha value is -2.24. The number of anilines is 1. The van der Waals surface area contributed by atoms with Gasteiger partial charge in [0, 0.05) is 17.4 Å². The van der Waals surface area contributed by atoms with Crippen molar-refractivity contribution in [1.29, 1.82) is 0 Å². The van der Waals surface area contributed by atoms with Crippen LogP contribution in [0.15, 0.2) is 42.5 Å². The van der Waals surface area contributed by atoms with Gasteiger partial charge in [-0.05, 0) is 36.8 Å². The van der Waals surface area contributed by atoms with E-state index in [1.165, 1.54) is 0 Å². The Morgan fingerprint density at radius 1 is 1.04 bits per heavy atom. The average molecular weight is 353 g/mol. The molecule has 5 nitrogen and oxygen atoms in total. The Balaban J connectivity index is 2.14. The Morgan fingerprint density at radius 2 is 1.78 bits per heavy atom. The first-order valence-corrected chi connectivity index (χ1v) is 7.43. The number of hydrogen-bond donors (Lipinski definition) is 1. The molecule has 0 radical (unpaired) electrons. The molecule has 0 saturated heterocycles. The molecular weight excluding hydrogens is 341 g/mol. The van der Waals surface area contributed by atoms with Crippen molar-refractivity contribution in [3.8, 4) is 11.5 Å². The number of rotatable bonds is 6. The van der Waals surface area contributed by atoms with Crippen LogP contribution in [0, 0.1) is 0 Å². The van der Waals surface area contributed by atoms with Gasteiger partial charge in [-0.15, -0.1) is 0 Å². The van der Waals surface area contributed by atoms with Gasteiger partial charge in [0.05, 0.1) is 10.7 Å². The van der Waals surface area contributed by atoms with Gasteiger partial charge in [0.15, 0.2) is 5.75 Å². The molecule has 7 heteroatoms. The monoisotopic (exact) mass is 352 g/mol. The Bertz CT molecular complexity index is 734. The molecule has 0 heterocycles. The molecule has 2 aromatic carbocycles. The molecule has 0 aromatic heterocycles. The summed E-state index contributed by atoms with van der Waals surface area (Å²) in [6.45, 7) is 0. The third kappa shape index (κ3) is 5.16. The van der Waals surface area contributed by atoms with Crippen LogP contribution >= 0.6 is 23.2 Å². The van der Waals surface area contributed by atoms with E-state index in [1.54, 1.807) is 42.5 Å². The van der Waals surface area contributed by atoms with Crippen LogP contribution in [0.1, 0.15) is 12.8 Å². The third-order valence-electron chi connectivity index (χ3n) is 2.83. The molecule has 120 valence electrons. The van der Waals surface area contributed by atoms with Gasteiger partial charge in [0.2, 0.25) is 5.91 Å². The van der Waals surface area contributed by atoms with Crippen molar-refractivity contribution >= 4 is 40.8 Å². The fraction of sp³-hybridized carbons (Fsp3) is 0.125. The van der Waals surface area contributed by atoms with Gasteiger partial charge in [-0.3, -0.25) is 4.79 Å². The average Bonchev–Trinajstić information content (AvgIpc) is 2.50. The van der Waals surface area contributed by atoms with E-state index >= 15 is 0 Å². The topological polar surface area (TPSA) is 78.5 Å². The van der Waals surface area contributed by atoms with Gasteiger partial charge in [-0.1, -0.05) is 35.3 Å². The summed E-state index contributed by atoms with van der Waals surface area (Å²) in [6, 6.07) is 11.5. The molecule has 1 amide bonds. The molecule has 2 aromatic rings. The second-order valence-corrected chi connectivity index (χ2v) is 5.44. The number of carboxylic acids is 1. The molecule has 0 spiro atoms. The van der Waals surface area contributed by atoms with Crippen molar-refractivity contribution in [3.63, 3.8) is 0 Å². The minimum atomic E-state index is -1.28. The lowest BCUT2D eigenvalue weighted by molar-refractivity contribution is -0.305. The number of ether oxygens (including phenoxy) is 1. The summed E-state index contributed by atoms with van der Waals surface area (Å²) in [5.41, 5.74) is 0.405. The first-order chi connectivity index (χ1) is 11.0. The number of aliphatic carboxylic acids is 1. The van der Waals surface area contributed by atoms with E-state index in [0.717, 1.165) is 0 Å². The minimum Gasteiger partial charge on any atom is -0.550 e. The van der Waals surface area contributed by atoms with E-state index in [1.807, 2.05) is 0 Å². The first kappa shape index (κ1) is 17.1. The lowest BCUT2D eigenvalue weighted by atomic mass is 10.2. The Labute approximate surface area is 142 Å². The smallest absolute Gasteiger partial charge is 0.224 e. The number of benzene rings is 2. The number of para-hydroxylation sites is 2. The van der Waals surface area contributed by atoms with Crippen molar-refractivity contribution in [3.05, 3.63) is 52.5 Å². The second-order valence-electron chi connectivity index (χ2n) is 4.59. The molecule has 0 saturated carbocycles. The van der Waals surface area contributed by atoms with E-state index in [0.29, 0.717) is 27.2 Å². The largest absolute Gasteiger partial charge is 0.550 e. The van der Waals surface area contributed by atoms with Crippen LogP contribution in [0.5, 0.6) is 11.5 Å². The lowest BCUT2D eigenvalue weighted by Crippen LogP contribution is -2.24. The molecule has 0 aliphatic carbocycles. The summed E-state index contributed by atoms with van der Waals surface area (Å²) in [5.74, 6) is -0.976. The fourth-order valence-electron chi connectivity index (χ4n) is 1.76. The number of carbonyl (C=O) groups is 2. The van der Waals surface area contributed by atoms with Crippen molar-refractivity contribution in [2.45, 2.75) is 12.8 Å². The Kier molecular flexibility index (Phi) is 5.84. The normalized spacial score (nSPS) is 10.2. The zero-order valence-corrected chi connectivity index (χ0v) is 13.4. The highest BCUT2D eigenvalue weighted by molar-refractivity contribution is 6.35. The summed E-state index contributed by atoms with van der Waals surface area (Å²) in [7, 11) is 0. The zero-order valence-electron chi connectivity index (χ0n) is 11.8. The van der Waals surface area contributed by atoms with Gasteiger partial charge in [0.1, 0.15) is 5.75 Å². The van der Waals surface area contributed by atoms with Crippen molar-refractivity contribution < 1.29 is 19.4 Å². The van der Waals surface area contributed by atoms with Crippen LogP contribution in [0.2, 0.25) is 10.0 Å². The molecule has 23 heavy (non-hydrogen) atoms. The van der Waals surface area contributed by atoms with Crippen molar-refractivity contribution in [1.82, 2.24) is 0 Å². The number of halogens is 2. The van der Waals surface area contributed by atoms with Gasteiger partial charge in [-0.2, -0.15) is 0 Å². The molecular formula is C16H12Cl2NO4-. The molecule has 0 unspecified atom stereocenters. The van der Waals surface area contributed by atoms with E-state index in [2.05, 4.69) is 5.32 Å². The molecule has 0 atom stereocenters. The van der Waals surface area contributed by atoms with Crippen LogP contribution in [-0.4, -0.2) is 11.9 Å². The first-order valence-electron chi connectivity index (χ1n) is 6.67. The maximum absolute atomic E-state index is 11.7. The summed E-state index contributed by atoms with van der Waals surface area (Å²) in [4.78, 5) is 22.1. The molecule has 0 fully saturated rings. The predicted octanol–water partition coefficient (Wildman–Crippen LogP) is 3.25. The van der Waals surface area contributed by atoms with E-state index in [4.69, 9.17) is 27.9 Å².